The summed E-state index contributed by atoms with van der Waals surface area (Å²) in [6.07, 6.45) is -20.6. The van der Waals surface area contributed by atoms with Crippen LogP contribution in [0, 0.1) is 0 Å². The molecule has 0 rings (SSSR count). The molecule has 0 saturated carbocycles. The van der Waals surface area contributed by atoms with Crippen molar-refractivity contribution in [2.75, 3.05) is 0 Å². The van der Waals surface area contributed by atoms with Crippen LogP contribution in [0.1, 0.15) is 27.7 Å². The molecule has 0 fully saturated rings. The molecule has 0 aliphatic heterocycles. The van der Waals surface area contributed by atoms with Crippen molar-refractivity contribution in [1.29, 1.82) is 0 Å². The Kier molecular flexibility index (Phi) is 7.74. The van der Waals surface area contributed by atoms with Crippen molar-refractivity contribution >= 4 is 19.6 Å². The normalized spacial score (nSPS) is 19.2. The van der Waals surface area contributed by atoms with Crippen molar-refractivity contribution in [3.8, 4) is 0 Å². The first-order chi connectivity index (χ1) is 10.8. The zero-order valence-corrected chi connectivity index (χ0v) is 16.4. The van der Waals surface area contributed by atoms with Gasteiger partial charge in [0.05, 0.1) is 0 Å². The Morgan fingerprint density at radius 2 is 1.12 bits per heavy atom. The van der Waals surface area contributed by atoms with Gasteiger partial charge in [-0.2, -0.15) is 0 Å². The van der Waals surface area contributed by atoms with E-state index in [9.17, 15) is 39.5 Å². The molecule has 2 unspecified atom stereocenters. The van der Waals surface area contributed by atoms with Gasteiger partial charge in [-0.25, -0.2) is 0 Å². The van der Waals surface area contributed by atoms with Crippen LogP contribution in [0.3, 0.4) is 0 Å². The average molecular weight is 499 g/mol. The van der Waals surface area contributed by atoms with Crippen LogP contribution in [-0.2, 0) is 9.22 Å². The molecule has 0 aromatic carbocycles. The first-order valence-electron chi connectivity index (χ1n) is 6.67. The monoisotopic (exact) mass is 500 g/mol. The number of hydrogen-bond acceptors (Lipinski definition) is 3. The summed E-state index contributed by atoms with van der Waals surface area (Å²) in [5.41, 5.74) is -3.12. The van der Waals surface area contributed by atoms with Crippen LogP contribution in [-0.4, -0.2) is 56.0 Å². The molecule has 0 spiro atoms. The fourth-order valence-corrected chi connectivity index (χ4v) is 8.41. The van der Waals surface area contributed by atoms with Gasteiger partial charge in [0, 0.05) is 0 Å². The van der Waals surface area contributed by atoms with Gasteiger partial charge < -0.3 is 0 Å². The Hall–Kier alpha value is -0.211. The fraction of sp³-hybridized carbons (Fsp3) is 0.833. The van der Waals surface area contributed by atoms with E-state index in [1.165, 1.54) is 0 Å². The average Bonchev–Trinajstić information content (AvgIpc) is 2.34. The van der Waals surface area contributed by atoms with Gasteiger partial charge in [0.1, 0.15) is 0 Å². The van der Waals surface area contributed by atoms with Crippen molar-refractivity contribution in [2.45, 2.75) is 64.0 Å². The van der Waals surface area contributed by atoms with Crippen LogP contribution >= 0.6 is 0 Å². The van der Waals surface area contributed by atoms with E-state index in [1.54, 1.807) is 0 Å². The number of alkyl halides is 9. The second-order valence-electron chi connectivity index (χ2n) is 5.52. The molecule has 0 heterocycles. The summed E-state index contributed by atoms with van der Waals surface area (Å²) in [6, 6.07) is 0. The predicted octanol–water partition coefficient (Wildman–Crippen LogP) is 4.94. The Morgan fingerprint density at radius 3 is 1.32 bits per heavy atom. The molecule has 0 saturated heterocycles. The molecule has 0 bridgehead atoms. The molecule has 25 heavy (non-hydrogen) atoms. The summed E-state index contributed by atoms with van der Waals surface area (Å²) >= 11 is -6.18. The van der Waals surface area contributed by atoms with Crippen LogP contribution < -0.4 is 0 Å². The number of halogens is 9. The Morgan fingerprint density at radius 1 is 0.800 bits per heavy atom. The van der Waals surface area contributed by atoms with E-state index in [2.05, 4.69) is 15.8 Å². The van der Waals surface area contributed by atoms with Crippen molar-refractivity contribution < 1.29 is 48.7 Å². The molecular formula is C12H17F9O3Sn. The van der Waals surface area contributed by atoms with E-state index in [-0.39, 0.29) is 0 Å². The molecule has 150 valence electrons. The van der Waals surface area contributed by atoms with Gasteiger partial charge in [0.25, 0.3) is 0 Å². The van der Waals surface area contributed by atoms with E-state index in [4.69, 9.17) is 0 Å². The third-order valence-corrected chi connectivity index (χ3v) is 10.5. The molecule has 0 N–H and O–H groups in total. The summed E-state index contributed by atoms with van der Waals surface area (Å²) in [6.45, 7) is 4.69. The van der Waals surface area contributed by atoms with E-state index < -0.39 is 56.0 Å². The third-order valence-electron chi connectivity index (χ3n) is 2.93. The van der Waals surface area contributed by atoms with Crippen LogP contribution in [0.25, 0.3) is 0 Å². The summed E-state index contributed by atoms with van der Waals surface area (Å²) in [5, 5.41) is 0. The van der Waals surface area contributed by atoms with Gasteiger partial charge in [-0.3, -0.25) is 0 Å². The molecule has 0 aliphatic rings. The van der Waals surface area contributed by atoms with Crippen LogP contribution in [0.5, 0.6) is 0 Å². The number of rotatable bonds is 7. The first kappa shape index (κ1) is 24.8. The summed E-state index contributed by atoms with van der Waals surface area (Å²) in [5.74, 6) is 0. The summed E-state index contributed by atoms with van der Waals surface area (Å²) in [4.78, 5) is 0. The Balaban J connectivity index is 5.88. The SMILES string of the molecule is C=[CH][Sn]([O]C(C)C(F)(F)F)([O]C(C)C(F)(F)F)[O]C(C)(C)C(F)(F)F. The van der Waals surface area contributed by atoms with E-state index in [0.29, 0.717) is 31.8 Å². The number of hydrogen-bond donors (Lipinski definition) is 0. The maximum absolute atomic E-state index is 13.0. The first-order valence-corrected chi connectivity index (χ1v) is 11.8. The van der Waals surface area contributed by atoms with Crippen molar-refractivity contribution in [1.82, 2.24) is 0 Å². The van der Waals surface area contributed by atoms with Crippen LogP contribution in [0.15, 0.2) is 10.7 Å². The minimum atomic E-state index is -6.18. The Labute approximate surface area is 143 Å². The molecule has 2 atom stereocenters. The van der Waals surface area contributed by atoms with Crippen molar-refractivity contribution in [2.24, 2.45) is 0 Å². The van der Waals surface area contributed by atoms with Gasteiger partial charge in [0.15, 0.2) is 0 Å². The molecule has 3 nitrogen and oxygen atoms in total. The predicted molar refractivity (Wildman–Crippen MR) is 70.4 cm³/mol. The second kappa shape index (κ2) is 7.80. The van der Waals surface area contributed by atoms with Crippen molar-refractivity contribution in [3.05, 3.63) is 10.7 Å². The molecule has 0 aliphatic carbocycles. The van der Waals surface area contributed by atoms with E-state index >= 15 is 0 Å². The molecule has 0 aromatic rings. The van der Waals surface area contributed by atoms with E-state index in [1.807, 2.05) is 0 Å². The molecule has 0 amide bonds. The van der Waals surface area contributed by atoms with Gasteiger partial charge in [-0.1, -0.05) is 0 Å². The molecular weight excluding hydrogens is 482 g/mol. The second-order valence-corrected chi connectivity index (χ2v) is 12.1. The molecule has 13 heteroatoms. The van der Waals surface area contributed by atoms with Gasteiger partial charge in [-0.05, 0) is 0 Å². The standard InChI is InChI=1S/C4H6F3O.2C3H4F3O.C2H3.Sn/c1-3(2,8)4(5,6)7;2*1-2(7)3(4,5)6;1-2;/h1-2H3;2*2H,1H3;1H,2H2;/q3*-1;;+3. The molecule has 0 aromatic heterocycles. The zero-order chi connectivity index (χ0) is 20.5. The quantitative estimate of drug-likeness (QED) is 0.367. The summed E-state index contributed by atoms with van der Waals surface area (Å²) < 4.78 is 129. The molecule has 0 radical (unpaired) electrons. The Bertz CT molecular complexity index is 434. The van der Waals surface area contributed by atoms with Gasteiger partial charge in [0.2, 0.25) is 0 Å². The fourth-order valence-electron chi connectivity index (χ4n) is 1.25. The topological polar surface area (TPSA) is 27.7 Å². The van der Waals surface area contributed by atoms with Crippen LogP contribution in [0.2, 0.25) is 0 Å². The summed E-state index contributed by atoms with van der Waals surface area (Å²) in [7, 11) is 0. The van der Waals surface area contributed by atoms with Gasteiger partial charge in [-0.15, -0.1) is 0 Å². The van der Waals surface area contributed by atoms with Gasteiger partial charge >= 0.3 is 143 Å². The zero-order valence-electron chi connectivity index (χ0n) is 13.6. The van der Waals surface area contributed by atoms with Crippen molar-refractivity contribution in [3.63, 3.8) is 0 Å². The van der Waals surface area contributed by atoms with E-state index in [0.717, 1.165) is 0 Å². The van der Waals surface area contributed by atoms with Crippen LogP contribution in [0.4, 0.5) is 39.5 Å². The minimum absolute atomic E-state index is 0.368. The maximum atomic E-state index is 13.0. The third kappa shape index (κ3) is 7.13.